The molecule has 1 aromatic rings. The van der Waals surface area contributed by atoms with Gasteiger partial charge in [-0.2, -0.15) is 0 Å². The Morgan fingerprint density at radius 1 is 1.44 bits per heavy atom. The average Bonchev–Trinajstić information content (AvgIpc) is 2.37. The molecule has 2 N–H and O–H groups in total. The first-order valence-corrected chi connectivity index (χ1v) is 5.79. The van der Waals surface area contributed by atoms with Crippen molar-refractivity contribution in [2.24, 2.45) is 0 Å². The fourth-order valence-electron chi connectivity index (χ4n) is 1.84. The van der Waals surface area contributed by atoms with Gasteiger partial charge in [0.05, 0.1) is 13.2 Å². The number of carboxylic acid groups (broad SMARTS) is 1. The molecule has 0 heterocycles. The van der Waals surface area contributed by atoms with Crippen LogP contribution in [0.2, 0.25) is 0 Å². The van der Waals surface area contributed by atoms with Crippen LogP contribution in [-0.4, -0.2) is 29.4 Å². The average molecular weight is 250 g/mol. The highest BCUT2D eigenvalue weighted by atomic mass is 16.5. The van der Waals surface area contributed by atoms with E-state index in [1.807, 2.05) is 6.92 Å². The number of carbonyl (C=O) groups is 1. The maximum absolute atomic E-state index is 11.4. The van der Waals surface area contributed by atoms with E-state index in [9.17, 15) is 15.0 Å². The summed E-state index contributed by atoms with van der Waals surface area (Å²) in [6.45, 7) is 5.51. The second-order valence-corrected chi connectivity index (χ2v) is 4.00. The number of benzene rings is 1. The van der Waals surface area contributed by atoms with Crippen molar-refractivity contribution < 1.29 is 19.7 Å². The fourth-order valence-corrected chi connectivity index (χ4v) is 1.84. The zero-order valence-electron chi connectivity index (χ0n) is 10.4. The molecule has 0 radical (unpaired) electrons. The fraction of sp³-hybridized carbons (Fsp3) is 0.357. The minimum atomic E-state index is -1.33. The van der Waals surface area contributed by atoms with Crippen LogP contribution in [0.25, 0.3) is 0 Å². The lowest BCUT2D eigenvalue weighted by Crippen LogP contribution is -2.39. The van der Waals surface area contributed by atoms with Crippen LogP contribution in [0.3, 0.4) is 0 Å². The van der Waals surface area contributed by atoms with Crippen LogP contribution in [0.4, 0.5) is 0 Å². The Morgan fingerprint density at radius 3 is 2.44 bits per heavy atom. The maximum Gasteiger partial charge on any atom is 0.316 e. The maximum atomic E-state index is 11.4. The zero-order chi connectivity index (χ0) is 13.6. The van der Waals surface area contributed by atoms with Crippen LogP contribution < -0.4 is 4.74 Å². The van der Waals surface area contributed by atoms with Crippen LogP contribution in [-0.2, 0) is 10.2 Å². The van der Waals surface area contributed by atoms with E-state index >= 15 is 0 Å². The molecule has 0 aliphatic heterocycles. The summed E-state index contributed by atoms with van der Waals surface area (Å²) < 4.78 is 5.30. The molecule has 0 aliphatic rings. The first-order valence-electron chi connectivity index (χ1n) is 5.79. The van der Waals surface area contributed by atoms with Crippen molar-refractivity contribution in [2.45, 2.75) is 18.8 Å². The molecule has 1 rings (SSSR count). The molecule has 0 bridgehead atoms. The van der Waals surface area contributed by atoms with Gasteiger partial charge in [-0.15, -0.1) is 6.58 Å². The third-order valence-electron chi connectivity index (χ3n) is 2.89. The molecule has 0 amide bonds. The van der Waals surface area contributed by atoms with Gasteiger partial charge in [-0.05, 0) is 31.0 Å². The first kappa shape index (κ1) is 14.3. The van der Waals surface area contributed by atoms with Crippen LogP contribution >= 0.6 is 0 Å². The molecule has 1 unspecified atom stereocenters. The van der Waals surface area contributed by atoms with E-state index in [0.717, 1.165) is 0 Å². The minimum absolute atomic E-state index is 0.173. The summed E-state index contributed by atoms with van der Waals surface area (Å²) in [6, 6.07) is 6.74. The highest BCUT2D eigenvalue weighted by Crippen LogP contribution is 2.30. The first-order chi connectivity index (χ1) is 8.60. The van der Waals surface area contributed by atoms with E-state index in [4.69, 9.17) is 4.74 Å². The number of ether oxygens (including phenoxy) is 1. The van der Waals surface area contributed by atoms with Crippen molar-refractivity contribution >= 4 is 5.97 Å². The number of hydrogen-bond donors (Lipinski definition) is 2. The second kappa shape index (κ2) is 6.21. The van der Waals surface area contributed by atoms with Crippen LogP contribution in [0.5, 0.6) is 5.75 Å². The van der Waals surface area contributed by atoms with E-state index in [2.05, 4.69) is 6.58 Å². The van der Waals surface area contributed by atoms with Crippen molar-refractivity contribution in [1.82, 2.24) is 0 Å². The molecular formula is C14H18O4. The number of rotatable bonds is 7. The standard InChI is InChI=1S/C14H18O4/c1-3-9-14(10-15,13(16)17)11-5-7-12(8-6-11)18-4-2/h3,5-8,15H,1,4,9-10H2,2H3,(H,16,17). The Morgan fingerprint density at radius 2 is 2.06 bits per heavy atom. The summed E-state index contributed by atoms with van der Waals surface area (Å²) in [5.74, 6) is -0.383. The number of aliphatic carboxylic acids is 1. The molecule has 0 aliphatic carbocycles. The topological polar surface area (TPSA) is 66.8 Å². The number of aliphatic hydroxyl groups is 1. The predicted octanol–water partition coefficient (Wildman–Crippen LogP) is 1.98. The van der Waals surface area contributed by atoms with Gasteiger partial charge in [0, 0.05) is 0 Å². The third kappa shape index (κ3) is 2.71. The van der Waals surface area contributed by atoms with Gasteiger partial charge in [0.1, 0.15) is 11.2 Å². The van der Waals surface area contributed by atoms with Crippen molar-refractivity contribution in [1.29, 1.82) is 0 Å². The normalized spacial score (nSPS) is 13.7. The third-order valence-corrected chi connectivity index (χ3v) is 2.89. The SMILES string of the molecule is C=CCC(CO)(C(=O)O)c1ccc(OCC)cc1. The molecule has 1 aromatic carbocycles. The summed E-state index contributed by atoms with van der Waals surface area (Å²) in [7, 11) is 0. The molecule has 0 spiro atoms. The van der Waals surface area contributed by atoms with Gasteiger partial charge in [0.15, 0.2) is 0 Å². The van der Waals surface area contributed by atoms with E-state index < -0.39 is 18.0 Å². The molecule has 1 atom stereocenters. The van der Waals surface area contributed by atoms with Gasteiger partial charge in [0.25, 0.3) is 0 Å². The summed E-state index contributed by atoms with van der Waals surface area (Å²) in [4.78, 5) is 11.4. The zero-order valence-corrected chi connectivity index (χ0v) is 10.4. The molecule has 0 saturated heterocycles. The summed E-state index contributed by atoms with van der Waals surface area (Å²) in [5.41, 5.74) is -0.784. The lowest BCUT2D eigenvalue weighted by molar-refractivity contribution is -0.145. The van der Waals surface area contributed by atoms with Crippen LogP contribution in [0, 0.1) is 0 Å². The quantitative estimate of drug-likeness (QED) is 0.726. The molecule has 0 aromatic heterocycles. The molecule has 18 heavy (non-hydrogen) atoms. The van der Waals surface area contributed by atoms with Crippen molar-refractivity contribution in [3.8, 4) is 5.75 Å². The van der Waals surface area contributed by atoms with Gasteiger partial charge in [-0.1, -0.05) is 18.2 Å². The van der Waals surface area contributed by atoms with Crippen molar-refractivity contribution in [3.63, 3.8) is 0 Å². The predicted molar refractivity (Wildman–Crippen MR) is 68.8 cm³/mol. The largest absolute Gasteiger partial charge is 0.494 e. The highest BCUT2D eigenvalue weighted by Gasteiger charge is 2.38. The van der Waals surface area contributed by atoms with E-state index in [1.54, 1.807) is 24.3 Å². The summed E-state index contributed by atoms with van der Waals surface area (Å²) in [6.07, 6.45) is 1.67. The monoisotopic (exact) mass is 250 g/mol. The van der Waals surface area contributed by atoms with E-state index in [1.165, 1.54) is 6.08 Å². The Labute approximate surface area is 107 Å². The van der Waals surface area contributed by atoms with Gasteiger partial charge >= 0.3 is 5.97 Å². The Kier molecular flexibility index (Phi) is 4.92. The summed E-state index contributed by atoms with van der Waals surface area (Å²) in [5, 5.41) is 18.8. The lowest BCUT2D eigenvalue weighted by atomic mass is 9.78. The Hall–Kier alpha value is -1.81. The lowest BCUT2D eigenvalue weighted by Gasteiger charge is -2.26. The molecule has 0 saturated carbocycles. The van der Waals surface area contributed by atoms with Gasteiger partial charge in [-0.25, -0.2) is 0 Å². The van der Waals surface area contributed by atoms with Crippen LogP contribution in [0.15, 0.2) is 36.9 Å². The number of aliphatic hydroxyl groups excluding tert-OH is 1. The van der Waals surface area contributed by atoms with Gasteiger partial charge in [0.2, 0.25) is 0 Å². The van der Waals surface area contributed by atoms with Gasteiger partial charge < -0.3 is 14.9 Å². The van der Waals surface area contributed by atoms with Crippen LogP contribution in [0.1, 0.15) is 18.9 Å². The minimum Gasteiger partial charge on any atom is -0.494 e. The number of carboxylic acids is 1. The highest BCUT2D eigenvalue weighted by molar-refractivity contribution is 5.82. The Bertz CT molecular complexity index is 410. The van der Waals surface area contributed by atoms with E-state index in [0.29, 0.717) is 17.9 Å². The number of hydrogen-bond acceptors (Lipinski definition) is 3. The molecule has 4 nitrogen and oxygen atoms in total. The Balaban J connectivity index is 3.12. The summed E-state index contributed by atoms with van der Waals surface area (Å²) >= 11 is 0. The number of allylic oxidation sites excluding steroid dienone is 1. The molecule has 0 fully saturated rings. The second-order valence-electron chi connectivity index (χ2n) is 4.00. The smallest absolute Gasteiger partial charge is 0.316 e. The van der Waals surface area contributed by atoms with Crippen molar-refractivity contribution in [2.75, 3.05) is 13.2 Å². The van der Waals surface area contributed by atoms with Crippen molar-refractivity contribution in [3.05, 3.63) is 42.5 Å². The molecule has 4 heteroatoms. The molecular weight excluding hydrogens is 232 g/mol. The molecule has 98 valence electrons. The van der Waals surface area contributed by atoms with Gasteiger partial charge in [-0.3, -0.25) is 4.79 Å². The van der Waals surface area contributed by atoms with E-state index in [-0.39, 0.29) is 6.42 Å².